The smallest absolute Gasteiger partial charge is 0.254 e. The van der Waals surface area contributed by atoms with Crippen molar-refractivity contribution in [2.24, 2.45) is 0 Å². The SMILES string of the molecule is CC(C)c1nnc([C@@H]2CN(C(=O)c3ccc4c(c3)OCO4)CCO2)o1. The number of benzene rings is 1. The number of carbonyl (C=O) groups is 1. The number of rotatable bonds is 3. The molecule has 0 N–H and O–H groups in total. The van der Waals surface area contributed by atoms with Gasteiger partial charge in [-0.15, -0.1) is 10.2 Å². The second-order valence-corrected chi connectivity index (χ2v) is 6.31. The van der Waals surface area contributed by atoms with Gasteiger partial charge in [-0.05, 0) is 18.2 Å². The second-order valence-electron chi connectivity index (χ2n) is 6.31. The summed E-state index contributed by atoms with van der Waals surface area (Å²) in [5, 5.41) is 8.09. The van der Waals surface area contributed by atoms with E-state index in [9.17, 15) is 4.79 Å². The zero-order valence-corrected chi connectivity index (χ0v) is 14.1. The third kappa shape index (κ3) is 3.05. The van der Waals surface area contributed by atoms with Gasteiger partial charge in [0.05, 0.1) is 13.2 Å². The first-order valence-electron chi connectivity index (χ1n) is 8.25. The molecule has 0 bridgehead atoms. The summed E-state index contributed by atoms with van der Waals surface area (Å²) < 4.78 is 22.0. The van der Waals surface area contributed by atoms with Gasteiger partial charge in [0.2, 0.25) is 18.6 Å². The molecule has 8 heteroatoms. The van der Waals surface area contributed by atoms with E-state index < -0.39 is 6.10 Å². The fourth-order valence-corrected chi connectivity index (χ4v) is 2.81. The summed E-state index contributed by atoms with van der Waals surface area (Å²) in [6.07, 6.45) is -0.410. The lowest BCUT2D eigenvalue weighted by Crippen LogP contribution is -2.42. The number of morpholine rings is 1. The predicted molar refractivity (Wildman–Crippen MR) is 85.5 cm³/mol. The van der Waals surface area contributed by atoms with Gasteiger partial charge in [0.1, 0.15) is 0 Å². The summed E-state index contributed by atoms with van der Waals surface area (Å²) in [5.41, 5.74) is 0.554. The topological polar surface area (TPSA) is 86.9 Å². The van der Waals surface area contributed by atoms with Crippen LogP contribution in [0, 0.1) is 0 Å². The number of nitrogens with zero attached hydrogens (tertiary/aromatic N) is 3. The average molecular weight is 345 g/mol. The van der Waals surface area contributed by atoms with Crippen molar-refractivity contribution in [3.8, 4) is 11.5 Å². The molecule has 8 nitrogen and oxygen atoms in total. The molecule has 0 spiro atoms. The highest BCUT2D eigenvalue weighted by molar-refractivity contribution is 5.95. The summed E-state index contributed by atoms with van der Waals surface area (Å²) in [7, 11) is 0. The molecule has 4 rings (SSSR count). The Balaban J connectivity index is 1.49. The van der Waals surface area contributed by atoms with Gasteiger partial charge in [0.15, 0.2) is 17.6 Å². The first-order valence-corrected chi connectivity index (χ1v) is 8.25. The minimum Gasteiger partial charge on any atom is -0.454 e. The molecule has 1 aromatic carbocycles. The maximum Gasteiger partial charge on any atom is 0.254 e. The van der Waals surface area contributed by atoms with Crippen LogP contribution < -0.4 is 9.47 Å². The molecular weight excluding hydrogens is 326 g/mol. The number of hydrogen-bond donors (Lipinski definition) is 0. The molecule has 1 fully saturated rings. The minimum absolute atomic E-state index is 0.0878. The van der Waals surface area contributed by atoms with Crippen molar-refractivity contribution in [2.45, 2.75) is 25.9 Å². The van der Waals surface area contributed by atoms with Crippen LogP contribution >= 0.6 is 0 Å². The molecule has 2 aliphatic heterocycles. The minimum atomic E-state index is -0.410. The van der Waals surface area contributed by atoms with Crippen LogP contribution in [0.3, 0.4) is 0 Å². The maximum atomic E-state index is 12.8. The van der Waals surface area contributed by atoms with Crippen molar-refractivity contribution in [2.75, 3.05) is 26.5 Å². The molecule has 25 heavy (non-hydrogen) atoms. The first-order chi connectivity index (χ1) is 12.1. The van der Waals surface area contributed by atoms with Crippen molar-refractivity contribution in [3.63, 3.8) is 0 Å². The number of ether oxygens (including phenoxy) is 3. The van der Waals surface area contributed by atoms with Crippen LogP contribution in [0.4, 0.5) is 0 Å². The van der Waals surface area contributed by atoms with E-state index in [1.807, 2.05) is 13.8 Å². The van der Waals surface area contributed by atoms with Crippen molar-refractivity contribution in [1.82, 2.24) is 15.1 Å². The summed E-state index contributed by atoms with van der Waals surface area (Å²) in [4.78, 5) is 14.5. The Morgan fingerprint density at radius 3 is 2.88 bits per heavy atom. The van der Waals surface area contributed by atoms with Crippen molar-refractivity contribution in [1.29, 1.82) is 0 Å². The van der Waals surface area contributed by atoms with E-state index in [-0.39, 0.29) is 18.6 Å². The van der Waals surface area contributed by atoms with E-state index in [4.69, 9.17) is 18.6 Å². The molecule has 1 saturated heterocycles. The highest BCUT2D eigenvalue weighted by atomic mass is 16.7. The standard InChI is InChI=1S/C17H19N3O5/c1-10(2)15-18-19-16(25-15)14-8-20(5-6-22-14)17(21)11-3-4-12-13(7-11)24-9-23-12/h3-4,7,10,14H,5-6,8-9H2,1-2H3/t14-/m0/s1. The molecule has 2 aromatic rings. The van der Waals surface area contributed by atoms with E-state index in [0.717, 1.165) is 0 Å². The molecular formula is C17H19N3O5. The van der Waals surface area contributed by atoms with Gasteiger partial charge in [-0.2, -0.15) is 0 Å². The molecule has 1 amide bonds. The van der Waals surface area contributed by atoms with Gasteiger partial charge < -0.3 is 23.5 Å². The van der Waals surface area contributed by atoms with Crippen LogP contribution in [0.2, 0.25) is 0 Å². The number of amides is 1. The first kappa shape index (κ1) is 15.9. The van der Waals surface area contributed by atoms with Gasteiger partial charge in [0.25, 0.3) is 5.91 Å². The zero-order chi connectivity index (χ0) is 17.4. The van der Waals surface area contributed by atoms with Crippen molar-refractivity contribution < 1.29 is 23.4 Å². The van der Waals surface area contributed by atoms with E-state index in [2.05, 4.69) is 10.2 Å². The monoisotopic (exact) mass is 345 g/mol. The van der Waals surface area contributed by atoms with Crippen LogP contribution in [0.15, 0.2) is 22.6 Å². The lowest BCUT2D eigenvalue weighted by atomic mass is 10.1. The summed E-state index contributed by atoms with van der Waals surface area (Å²) >= 11 is 0. The lowest BCUT2D eigenvalue weighted by Gasteiger charge is -2.31. The third-order valence-corrected chi connectivity index (χ3v) is 4.20. The Bertz CT molecular complexity index is 788. The van der Waals surface area contributed by atoms with Gasteiger partial charge in [-0.3, -0.25) is 4.79 Å². The fraction of sp³-hybridized carbons (Fsp3) is 0.471. The number of hydrogen-bond acceptors (Lipinski definition) is 7. The van der Waals surface area contributed by atoms with Gasteiger partial charge in [-0.1, -0.05) is 13.8 Å². The van der Waals surface area contributed by atoms with Crippen LogP contribution in [-0.4, -0.2) is 47.5 Å². The highest BCUT2D eigenvalue weighted by Gasteiger charge is 2.30. The Morgan fingerprint density at radius 1 is 1.24 bits per heavy atom. The lowest BCUT2D eigenvalue weighted by molar-refractivity contribution is -0.0351. The van der Waals surface area contributed by atoms with Crippen molar-refractivity contribution >= 4 is 5.91 Å². The molecule has 0 saturated carbocycles. The van der Waals surface area contributed by atoms with Crippen LogP contribution in [-0.2, 0) is 4.74 Å². The third-order valence-electron chi connectivity index (χ3n) is 4.20. The van der Waals surface area contributed by atoms with Crippen LogP contribution in [0.1, 0.15) is 48.0 Å². The van der Waals surface area contributed by atoms with Crippen LogP contribution in [0.5, 0.6) is 11.5 Å². The van der Waals surface area contributed by atoms with Crippen molar-refractivity contribution in [3.05, 3.63) is 35.5 Å². The van der Waals surface area contributed by atoms with E-state index in [1.54, 1.807) is 23.1 Å². The Kier molecular flexibility index (Phi) is 4.04. The molecule has 1 aromatic heterocycles. The van der Waals surface area contributed by atoms with E-state index >= 15 is 0 Å². The number of fused-ring (bicyclic) bond motifs is 1. The Hall–Kier alpha value is -2.61. The normalized spacial score (nSPS) is 19.5. The Morgan fingerprint density at radius 2 is 2.08 bits per heavy atom. The molecule has 0 aliphatic carbocycles. The van der Waals surface area contributed by atoms with Gasteiger partial charge in [0, 0.05) is 18.0 Å². The molecule has 132 valence electrons. The summed E-state index contributed by atoms with van der Waals surface area (Å²) in [5.74, 6) is 2.29. The van der Waals surface area contributed by atoms with Crippen LogP contribution in [0.25, 0.3) is 0 Å². The molecule has 0 unspecified atom stereocenters. The van der Waals surface area contributed by atoms with Gasteiger partial charge >= 0.3 is 0 Å². The molecule has 0 radical (unpaired) electrons. The highest BCUT2D eigenvalue weighted by Crippen LogP contribution is 2.33. The van der Waals surface area contributed by atoms with E-state index in [1.165, 1.54) is 0 Å². The second kappa shape index (κ2) is 6.36. The molecule has 3 heterocycles. The van der Waals surface area contributed by atoms with E-state index in [0.29, 0.717) is 48.5 Å². The quantitative estimate of drug-likeness (QED) is 0.842. The number of aromatic nitrogens is 2. The fourth-order valence-electron chi connectivity index (χ4n) is 2.81. The van der Waals surface area contributed by atoms with Gasteiger partial charge in [-0.25, -0.2) is 0 Å². The maximum absolute atomic E-state index is 12.8. The Labute approximate surface area is 144 Å². The zero-order valence-electron chi connectivity index (χ0n) is 14.1. The summed E-state index contributed by atoms with van der Waals surface area (Å²) in [6.45, 7) is 5.44. The molecule has 2 aliphatic rings. The average Bonchev–Trinajstić information content (AvgIpc) is 3.30. The largest absolute Gasteiger partial charge is 0.454 e. The predicted octanol–water partition coefficient (Wildman–Crippen LogP) is 2.14. The number of carbonyl (C=O) groups excluding carboxylic acids is 1. The summed E-state index contributed by atoms with van der Waals surface area (Å²) in [6, 6.07) is 5.20. The molecule has 1 atom stereocenters.